The lowest BCUT2D eigenvalue weighted by atomic mass is 10.0. The minimum absolute atomic E-state index is 0.0455. The van der Waals surface area contributed by atoms with E-state index in [0.29, 0.717) is 6.04 Å². The number of hydrogen-bond donors (Lipinski definition) is 1. The number of fused-ring (bicyclic) bond motifs is 1. The molecule has 1 atom stereocenters. The number of rotatable bonds is 2. The molecule has 1 unspecified atom stereocenters. The van der Waals surface area contributed by atoms with Crippen molar-refractivity contribution in [2.24, 2.45) is 5.92 Å². The maximum atomic E-state index is 12.3. The Morgan fingerprint density at radius 1 is 1.39 bits per heavy atom. The molecule has 3 heteroatoms. The molecule has 3 nitrogen and oxygen atoms in total. The normalized spacial score (nSPS) is 19.6. The highest BCUT2D eigenvalue weighted by Gasteiger charge is 2.26. The van der Waals surface area contributed by atoms with Crippen molar-refractivity contribution in [2.75, 3.05) is 18.5 Å². The maximum Gasteiger partial charge on any atom is 0.229 e. The summed E-state index contributed by atoms with van der Waals surface area (Å²) in [5, 5.41) is 3.35. The highest BCUT2D eigenvalue weighted by atomic mass is 16.2. The average Bonchev–Trinajstić information content (AvgIpc) is 2.56. The van der Waals surface area contributed by atoms with Gasteiger partial charge in [0.25, 0.3) is 0 Å². The van der Waals surface area contributed by atoms with Gasteiger partial charge in [0.15, 0.2) is 0 Å². The Hall–Kier alpha value is -1.35. The lowest BCUT2D eigenvalue weighted by molar-refractivity contribution is -0.121. The van der Waals surface area contributed by atoms with E-state index in [4.69, 9.17) is 0 Å². The molecule has 1 amide bonds. The number of amides is 1. The number of carbonyl (C=O) groups is 1. The van der Waals surface area contributed by atoms with Crippen LogP contribution in [-0.4, -0.2) is 19.5 Å². The van der Waals surface area contributed by atoms with E-state index in [1.807, 2.05) is 37.9 Å². The van der Waals surface area contributed by atoms with Crippen molar-refractivity contribution >= 4 is 11.6 Å². The van der Waals surface area contributed by atoms with Gasteiger partial charge in [0.1, 0.15) is 0 Å². The van der Waals surface area contributed by atoms with E-state index in [1.54, 1.807) is 0 Å². The molecule has 98 valence electrons. The van der Waals surface area contributed by atoms with Gasteiger partial charge >= 0.3 is 0 Å². The van der Waals surface area contributed by atoms with Crippen molar-refractivity contribution in [3.63, 3.8) is 0 Å². The van der Waals surface area contributed by atoms with Crippen LogP contribution in [0.15, 0.2) is 24.3 Å². The fourth-order valence-corrected chi connectivity index (χ4v) is 2.60. The fraction of sp³-hybridized carbons (Fsp3) is 0.533. The second-order valence-corrected chi connectivity index (χ2v) is 5.19. The Balaban J connectivity index is 2.42. The van der Waals surface area contributed by atoms with E-state index in [2.05, 4.69) is 17.4 Å². The average molecular weight is 246 g/mol. The number of nitrogens with zero attached hydrogens (tertiary/aromatic N) is 1. The Bertz CT molecular complexity index is 428. The summed E-state index contributed by atoms with van der Waals surface area (Å²) in [7, 11) is 1.99. The second kappa shape index (κ2) is 5.53. The van der Waals surface area contributed by atoms with E-state index in [-0.39, 0.29) is 11.8 Å². The summed E-state index contributed by atoms with van der Waals surface area (Å²) in [5.41, 5.74) is 2.32. The number of anilines is 1. The minimum atomic E-state index is 0.0455. The minimum Gasteiger partial charge on any atom is -0.313 e. The van der Waals surface area contributed by atoms with Gasteiger partial charge in [-0.15, -0.1) is 0 Å². The van der Waals surface area contributed by atoms with Crippen molar-refractivity contribution in [3.05, 3.63) is 29.8 Å². The topological polar surface area (TPSA) is 32.3 Å². The van der Waals surface area contributed by atoms with Gasteiger partial charge in [0.05, 0.1) is 0 Å². The molecule has 0 aromatic heterocycles. The fourth-order valence-electron chi connectivity index (χ4n) is 2.60. The smallest absolute Gasteiger partial charge is 0.229 e. The molecule has 1 aromatic carbocycles. The number of nitrogens with one attached hydrogen (secondary N) is 1. The SMILES string of the molecule is CNC1CCCN(C(=O)C(C)C)c2ccccc21. The zero-order valence-electron chi connectivity index (χ0n) is 11.4. The van der Waals surface area contributed by atoms with Crippen LogP contribution in [0.2, 0.25) is 0 Å². The van der Waals surface area contributed by atoms with Gasteiger partial charge in [-0.2, -0.15) is 0 Å². The molecule has 0 bridgehead atoms. The van der Waals surface area contributed by atoms with Crippen LogP contribution in [0.4, 0.5) is 5.69 Å². The third-order valence-electron chi connectivity index (χ3n) is 3.59. The Labute approximate surface area is 109 Å². The molecule has 1 aliphatic heterocycles. The van der Waals surface area contributed by atoms with E-state index in [0.717, 1.165) is 25.1 Å². The molecule has 0 spiro atoms. The third-order valence-corrected chi connectivity index (χ3v) is 3.59. The molecular weight excluding hydrogens is 224 g/mol. The van der Waals surface area contributed by atoms with Crippen LogP contribution in [-0.2, 0) is 4.79 Å². The molecule has 1 heterocycles. The molecule has 2 rings (SSSR count). The van der Waals surface area contributed by atoms with Crippen LogP contribution in [0.5, 0.6) is 0 Å². The largest absolute Gasteiger partial charge is 0.313 e. The summed E-state index contributed by atoms with van der Waals surface area (Å²) >= 11 is 0. The van der Waals surface area contributed by atoms with Crippen LogP contribution in [0.25, 0.3) is 0 Å². The standard InChI is InChI=1S/C15H22N2O/c1-11(2)15(18)17-10-6-8-13(16-3)12-7-4-5-9-14(12)17/h4-5,7,9,11,13,16H,6,8,10H2,1-3H3. The van der Waals surface area contributed by atoms with Crippen molar-refractivity contribution in [1.82, 2.24) is 5.32 Å². The Kier molecular flexibility index (Phi) is 4.02. The van der Waals surface area contributed by atoms with Gasteiger partial charge in [-0.1, -0.05) is 32.0 Å². The van der Waals surface area contributed by atoms with Crippen LogP contribution in [0.3, 0.4) is 0 Å². The van der Waals surface area contributed by atoms with Gasteiger partial charge < -0.3 is 10.2 Å². The third kappa shape index (κ3) is 2.41. The lowest BCUT2D eigenvalue weighted by Crippen LogP contribution is -2.35. The molecule has 0 fully saturated rings. The highest BCUT2D eigenvalue weighted by Crippen LogP contribution is 2.33. The zero-order valence-corrected chi connectivity index (χ0v) is 11.4. The molecule has 1 N–H and O–H groups in total. The van der Waals surface area contributed by atoms with Crippen molar-refractivity contribution in [1.29, 1.82) is 0 Å². The van der Waals surface area contributed by atoms with Crippen molar-refractivity contribution in [3.8, 4) is 0 Å². The van der Waals surface area contributed by atoms with Gasteiger partial charge in [0, 0.05) is 24.2 Å². The number of hydrogen-bond acceptors (Lipinski definition) is 2. The molecule has 0 saturated heterocycles. The second-order valence-electron chi connectivity index (χ2n) is 5.19. The van der Waals surface area contributed by atoms with E-state index in [9.17, 15) is 4.79 Å². The predicted molar refractivity (Wildman–Crippen MR) is 74.7 cm³/mol. The lowest BCUT2D eigenvalue weighted by Gasteiger charge is -2.25. The van der Waals surface area contributed by atoms with Crippen molar-refractivity contribution < 1.29 is 4.79 Å². The number of para-hydroxylation sites is 1. The first kappa shape index (κ1) is 13.1. The monoisotopic (exact) mass is 246 g/mol. The summed E-state index contributed by atoms with van der Waals surface area (Å²) in [6.07, 6.45) is 2.12. The van der Waals surface area contributed by atoms with E-state index < -0.39 is 0 Å². The van der Waals surface area contributed by atoms with Crippen LogP contribution in [0, 0.1) is 5.92 Å². The van der Waals surface area contributed by atoms with E-state index in [1.165, 1.54) is 5.56 Å². The molecule has 18 heavy (non-hydrogen) atoms. The molecule has 1 aromatic rings. The van der Waals surface area contributed by atoms with Gasteiger partial charge in [0.2, 0.25) is 5.91 Å². The summed E-state index contributed by atoms with van der Waals surface area (Å²) in [5.74, 6) is 0.267. The van der Waals surface area contributed by atoms with Gasteiger partial charge in [-0.3, -0.25) is 4.79 Å². The maximum absolute atomic E-state index is 12.3. The van der Waals surface area contributed by atoms with Crippen LogP contribution in [0.1, 0.15) is 38.3 Å². The zero-order chi connectivity index (χ0) is 13.1. The van der Waals surface area contributed by atoms with Crippen LogP contribution < -0.4 is 10.2 Å². The van der Waals surface area contributed by atoms with Crippen molar-refractivity contribution in [2.45, 2.75) is 32.7 Å². The van der Waals surface area contributed by atoms with Gasteiger partial charge in [-0.25, -0.2) is 0 Å². The number of benzene rings is 1. The molecule has 0 saturated carbocycles. The highest BCUT2D eigenvalue weighted by molar-refractivity contribution is 5.95. The first-order valence-electron chi connectivity index (χ1n) is 6.72. The first-order chi connectivity index (χ1) is 8.65. The first-order valence-corrected chi connectivity index (χ1v) is 6.72. The van der Waals surface area contributed by atoms with E-state index >= 15 is 0 Å². The predicted octanol–water partition coefficient (Wildman–Crippen LogP) is 2.73. The summed E-state index contributed by atoms with van der Waals surface area (Å²) < 4.78 is 0. The Morgan fingerprint density at radius 3 is 2.78 bits per heavy atom. The summed E-state index contributed by atoms with van der Waals surface area (Å²) in [4.78, 5) is 14.3. The molecule has 0 aliphatic carbocycles. The molecule has 1 aliphatic rings. The van der Waals surface area contributed by atoms with Crippen LogP contribution >= 0.6 is 0 Å². The Morgan fingerprint density at radius 2 is 2.11 bits per heavy atom. The summed E-state index contributed by atoms with van der Waals surface area (Å²) in [6, 6.07) is 8.60. The quantitative estimate of drug-likeness (QED) is 0.870. The number of carbonyl (C=O) groups excluding carboxylic acids is 1. The molecular formula is C15H22N2O. The summed E-state index contributed by atoms with van der Waals surface area (Å²) in [6.45, 7) is 4.75. The molecule has 0 radical (unpaired) electrons. The van der Waals surface area contributed by atoms with Gasteiger partial charge in [-0.05, 0) is 31.5 Å².